The summed E-state index contributed by atoms with van der Waals surface area (Å²) in [5.41, 5.74) is 4.87. The van der Waals surface area contributed by atoms with Gasteiger partial charge in [0.25, 0.3) is 5.91 Å². The molecule has 0 unspecified atom stereocenters. The Bertz CT molecular complexity index is 1240. The van der Waals surface area contributed by atoms with Gasteiger partial charge in [0.15, 0.2) is 0 Å². The first kappa shape index (κ1) is 19.1. The Morgan fingerprint density at radius 3 is 2.33 bits per heavy atom. The Balaban J connectivity index is 1.66. The van der Waals surface area contributed by atoms with E-state index in [2.05, 4.69) is 5.43 Å². The molecule has 0 fully saturated rings. The third-order valence-corrected chi connectivity index (χ3v) is 4.71. The number of nitrogens with one attached hydrogen (secondary N) is 1. The molecular formula is C24H19N3O3. The van der Waals surface area contributed by atoms with Crippen molar-refractivity contribution in [3.8, 4) is 0 Å². The molecule has 0 aliphatic carbocycles. The number of aryl methyl sites for hydroxylation is 1. The van der Waals surface area contributed by atoms with Crippen molar-refractivity contribution >= 4 is 34.3 Å². The SMILES string of the molecule is Cc1cccc(N(NC(=O)C(=O)n2ccc3ccccc32)C(=O)c2ccccc2)c1. The van der Waals surface area contributed by atoms with Crippen molar-refractivity contribution in [2.75, 3.05) is 5.01 Å². The second-order valence-electron chi connectivity index (χ2n) is 6.84. The summed E-state index contributed by atoms with van der Waals surface area (Å²) in [7, 11) is 0. The van der Waals surface area contributed by atoms with Gasteiger partial charge in [-0.3, -0.25) is 24.4 Å². The standard InChI is InChI=1S/C24H19N3O3/c1-17-8-7-12-20(16-17)27(23(29)19-10-3-2-4-11-19)25-22(28)24(30)26-15-14-18-9-5-6-13-21(18)26/h2-16H,1H3,(H,25,28). The molecule has 148 valence electrons. The molecular weight excluding hydrogens is 378 g/mol. The van der Waals surface area contributed by atoms with Crippen LogP contribution in [0.3, 0.4) is 0 Å². The van der Waals surface area contributed by atoms with Crippen molar-refractivity contribution in [2.24, 2.45) is 0 Å². The predicted octanol–water partition coefficient (Wildman–Crippen LogP) is 3.97. The zero-order valence-corrected chi connectivity index (χ0v) is 16.3. The Labute approximate surface area is 173 Å². The number of fused-ring (bicyclic) bond motifs is 1. The molecule has 0 bridgehead atoms. The van der Waals surface area contributed by atoms with Crippen LogP contribution in [0.2, 0.25) is 0 Å². The molecule has 1 heterocycles. The van der Waals surface area contributed by atoms with Crippen molar-refractivity contribution < 1.29 is 14.4 Å². The number of nitrogens with zero attached hydrogens (tertiary/aromatic N) is 2. The highest BCUT2D eigenvalue weighted by molar-refractivity contribution is 6.38. The van der Waals surface area contributed by atoms with Crippen LogP contribution in [0.4, 0.5) is 5.69 Å². The quantitative estimate of drug-likeness (QED) is 0.411. The van der Waals surface area contributed by atoms with E-state index in [0.29, 0.717) is 16.8 Å². The number of carbonyl (C=O) groups excluding carboxylic acids is 3. The number of amides is 2. The molecule has 3 aromatic carbocycles. The Kier molecular flexibility index (Phi) is 5.13. The van der Waals surface area contributed by atoms with E-state index in [1.807, 2.05) is 25.1 Å². The normalized spacial score (nSPS) is 10.6. The second-order valence-corrected chi connectivity index (χ2v) is 6.84. The molecule has 0 atom stereocenters. The number of anilines is 1. The highest BCUT2D eigenvalue weighted by Crippen LogP contribution is 2.18. The molecule has 6 heteroatoms. The summed E-state index contributed by atoms with van der Waals surface area (Å²) >= 11 is 0. The van der Waals surface area contributed by atoms with Gasteiger partial charge in [0.05, 0.1) is 11.2 Å². The monoisotopic (exact) mass is 397 g/mol. The lowest BCUT2D eigenvalue weighted by molar-refractivity contribution is -0.117. The highest BCUT2D eigenvalue weighted by Gasteiger charge is 2.25. The van der Waals surface area contributed by atoms with E-state index in [0.717, 1.165) is 16.0 Å². The van der Waals surface area contributed by atoms with Crippen molar-refractivity contribution in [2.45, 2.75) is 6.92 Å². The smallest absolute Gasteiger partial charge is 0.279 e. The van der Waals surface area contributed by atoms with Crippen LogP contribution in [-0.4, -0.2) is 22.3 Å². The number of hydrogen-bond acceptors (Lipinski definition) is 3. The van der Waals surface area contributed by atoms with E-state index < -0.39 is 17.7 Å². The molecule has 1 N–H and O–H groups in total. The lowest BCUT2D eigenvalue weighted by atomic mass is 10.2. The molecule has 0 aliphatic rings. The molecule has 4 aromatic rings. The van der Waals surface area contributed by atoms with E-state index in [1.54, 1.807) is 72.9 Å². The number of hydrazine groups is 1. The second kappa shape index (κ2) is 8.05. The minimum atomic E-state index is -0.915. The van der Waals surface area contributed by atoms with Crippen molar-refractivity contribution in [3.05, 3.63) is 102 Å². The molecule has 6 nitrogen and oxygen atoms in total. The summed E-state index contributed by atoms with van der Waals surface area (Å²) in [5.74, 6) is -2.14. The number of carbonyl (C=O) groups is 3. The zero-order chi connectivity index (χ0) is 21.1. The van der Waals surface area contributed by atoms with Crippen LogP contribution in [-0.2, 0) is 4.79 Å². The van der Waals surface area contributed by atoms with E-state index in [1.165, 1.54) is 4.57 Å². The van der Waals surface area contributed by atoms with Crippen molar-refractivity contribution in [3.63, 3.8) is 0 Å². The summed E-state index contributed by atoms with van der Waals surface area (Å²) in [6.07, 6.45) is 1.54. The van der Waals surface area contributed by atoms with E-state index >= 15 is 0 Å². The van der Waals surface area contributed by atoms with Gasteiger partial charge < -0.3 is 0 Å². The average molecular weight is 397 g/mol. The first-order chi connectivity index (χ1) is 14.5. The maximum Gasteiger partial charge on any atom is 0.329 e. The summed E-state index contributed by atoms with van der Waals surface area (Å²) in [6.45, 7) is 1.88. The van der Waals surface area contributed by atoms with Gasteiger partial charge in [-0.25, -0.2) is 5.01 Å². The van der Waals surface area contributed by atoms with E-state index in [-0.39, 0.29) is 0 Å². The van der Waals surface area contributed by atoms with Gasteiger partial charge >= 0.3 is 11.8 Å². The fraction of sp³-hybridized carbons (Fsp3) is 0.0417. The lowest BCUT2D eigenvalue weighted by Crippen LogP contribution is -2.50. The van der Waals surface area contributed by atoms with E-state index in [9.17, 15) is 14.4 Å². The number of hydrogen-bond donors (Lipinski definition) is 1. The minimum Gasteiger partial charge on any atom is -0.279 e. The number of rotatable bonds is 2. The molecule has 30 heavy (non-hydrogen) atoms. The van der Waals surface area contributed by atoms with Crippen molar-refractivity contribution in [1.29, 1.82) is 0 Å². The molecule has 2 amide bonds. The number of para-hydroxylation sites is 1. The molecule has 0 spiro atoms. The maximum atomic E-state index is 13.1. The fourth-order valence-corrected chi connectivity index (χ4v) is 3.23. The van der Waals surface area contributed by atoms with Gasteiger partial charge in [-0.2, -0.15) is 0 Å². The molecule has 0 saturated heterocycles. The summed E-state index contributed by atoms with van der Waals surface area (Å²) in [6, 6.07) is 24.7. The van der Waals surface area contributed by atoms with Crippen LogP contribution in [0.15, 0.2) is 91.1 Å². The van der Waals surface area contributed by atoms with Crippen LogP contribution in [0.25, 0.3) is 10.9 Å². The van der Waals surface area contributed by atoms with E-state index in [4.69, 9.17) is 0 Å². The predicted molar refractivity (Wildman–Crippen MR) is 115 cm³/mol. The first-order valence-corrected chi connectivity index (χ1v) is 9.42. The van der Waals surface area contributed by atoms with Crippen LogP contribution < -0.4 is 10.4 Å². The summed E-state index contributed by atoms with van der Waals surface area (Å²) in [5, 5.41) is 1.95. The highest BCUT2D eigenvalue weighted by atomic mass is 16.2. The van der Waals surface area contributed by atoms with Crippen LogP contribution in [0, 0.1) is 6.92 Å². The fourth-order valence-electron chi connectivity index (χ4n) is 3.23. The Morgan fingerprint density at radius 2 is 1.57 bits per heavy atom. The molecule has 0 saturated carbocycles. The van der Waals surface area contributed by atoms with Gasteiger partial charge in [-0.05, 0) is 48.9 Å². The molecule has 1 aromatic heterocycles. The molecule has 0 radical (unpaired) electrons. The minimum absolute atomic E-state index is 0.387. The van der Waals surface area contributed by atoms with Crippen LogP contribution >= 0.6 is 0 Å². The van der Waals surface area contributed by atoms with Gasteiger partial charge in [0.1, 0.15) is 0 Å². The summed E-state index contributed by atoms with van der Waals surface area (Å²) in [4.78, 5) is 38.7. The third kappa shape index (κ3) is 3.71. The molecule has 0 aliphatic heterocycles. The number of benzene rings is 3. The van der Waals surface area contributed by atoms with Crippen LogP contribution in [0.1, 0.15) is 20.7 Å². The zero-order valence-electron chi connectivity index (χ0n) is 16.3. The molecule has 4 rings (SSSR count). The van der Waals surface area contributed by atoms with Gasteiger partial charge in [-0.1, -0.05) is 48.5 Å². The van der Waals surface area contributed by atoms with Gasteiger partial charge in [0.2, 0.25) is 0 Å². The van der Waals surface area contributed by atoms with Crippen LogP contribution in [0.5, 0.6) is 0 Å². The number of aromatic nitrogens is 1. The average Bonchev–Trinajstić information content (AvgIpc) is 3.21. The largest absolute Gasteiger partial charge is 0.329 e. The Hall–Kier alpha value is -4.19. The van der Waals surface area contributed by atoms with Gasteiger partial charge in [0, 0.05) is 17.1 Å². The Morgan fingerprint density at radius 1 is 0.833 bits per heavy atom. The van der Waals surface area contributed by atoms with Gasteiger partial charge in [-0.15, -0.1) is 0 Å². The van der Waals surface area contributed by atoms with Crippen molar-refractivity contribution in [1.82, 2.24) is 9.99 Å². The summed E-state index contributed by atoms with van der Waals surface area (Å²) < 4.78 is 1.27. The maximum absolute atomic E-state index is 13.1. The topological polar surface area (TPSA) is 71.4 Å². The first-order valence-electron chi connectivity index (χ1n) is 9.42. The lowest BCUT2D eigenvalue weighted by Gasteiger charge is -2.23. The third-order valence-electron chi connectivity index (χ3n) is 4.71.